The molecule has 0 spiro atoms. The molecule has 0 saturated carbocycles. The summed E-state index contributed by atoms with van der Waals surface area (Å²) in [6, 6.07) is 25.5. The maximum atomic E-state index is 13.0. The van der Waals surface area contributed by atoms with Gasteiger partial charge in [0, 0.05) is 18.3 Å². The Kier molecular flexibility index (Phi) is 8.55. The SMILES string of the molecule is COc1ccc(C(OC[C@@]23CN[C@@H]([C@H](n4cc(C)c(=O)[nH]c4=O)O2)[C@@H]3O[Si](C)(C)C)(c2ccccc2)c2ccc(OC)cc2)cc1. The summed E-state index contributed by atoms with van der Waals surface area (Å²) in [7, 11) is 1.17. The minimum atomic E-state index is -2.11. The van der Waals surface area contributed by atoms with Gasteiger partial charge in [-0.05, 0) is 67.5 Å². The topological polar surface area (TPSA) is 113 Å². The maximum absolute atomic E-state index is 13.0. The largest absolute Gasteiger partial charge is 0.497 e. The maximum Gasteiger partial charge on any atom is 0.330 e. The highest BCUT2D eigenvalue weighted by Crippen LogP contribution is 2.48. The number of aryl methyl sites for hydroxylation is 1. The number of aromatic nitrogens is 2. The van der Waals surface area contributed by atoms with Crippen LogP contribution in [0, 0.1) is 6.92 Å². The summed E-state index contributed by atoms with van der Waals surface area (Å²) in [4.78, 5) is 27.7. The molecule has 2 aliphatic heterocycles. The first-order valence-corrected chi connectivity index (χ1v) is 18.8. The number of morpholine rings is 1. The summed E-state index contributed by atoms with van der Waals surface area (Å²) in [5.74, 6) is 1.46. The Morgan fingerprint density at radius 2 is 1.46 bits per heavy atom. The van der Waals surface area contributed by atoms with E-state index in [1.807, 2.05) is 66.7 Å². The molecular formula is C35H41N3O7Si. The molecule has 0 aliphatic carbocycles. The van der Waals surface area contributed by atoms with E-state index in [-0.39, 0.29) is 12.6 Å². The fourth-order valence-corrected chi connectivity index (χ4v) is 7.66. The Morgan fingerprint density at radius 3 is 2.00 bits per heavy atom. The van der Waals surface area contributed by atoms with Gasteiger partial charge in [-0.25, -0.2) is 4.79 Å². The minimum Gasteiger partial charge on any atom is -0.497 e. The van der Waals surface area contributed by atoms with E-state index >= 15 is 0 Å². The molecule has 0 radical (unpaired) electrons. The monoisotopic (exact) mass is 643 g/mol. The first kappa shape index (κ1) is 32.0. The summed E-state index contributed by atoms with van der Waals surface area (Å²) >= 11 is 0. The second-order valence-corrected chi connectivity index (χ2v) is 17.4. The van der Waals surface area contributed by atoms with Crippen molar-refractivity contribution in [2.75, 3.05) is 27.4 Å². The molecule has 6 rings (SSSR count). The molecule has 2 bridgehead atoms. The fraction of sp³-hybridized carbons (Fsp3) is 0.371. The van der Waals surface area contributed by atoms with Crippen LogP contribution >= 0.6 is 0 Å². The zero-order valence-electron chi connectivity index (χ0n) is 27.0. The first-order chi connectivity index (χ1) is 22.0. The van der Waals surface area contributed by atoms with Gasteiger partial charge in [-0.3, -0.25) is 14.3 Å². The van der Waals surface area contributed by atoms with Crippen molar-refractivity contribution in [2.45, 2.75) is 56.1 Å². The number of benzene rings is 3. The third-order valence-corrected chi connectivity index (χ3v) is 9.71. The van der Waals surface area contributed by atoms with Gasteiger partial charge in [-0.15, -0.1) is 0 Å². The van der Waals surface area contributed by atoms with Crippen LogP contribution in [-0.2, 0) is 19.5 Å². The van der Waals surface area contributed by atoms with Crippen molar-refractivity contribution in [2.24, 2.45) is 0 Å². The summed E-state index contributed by atoms with van der Waals surface area (Å²) < 4.78 is 33.4. The third kappa shape index (κ3) is 5.73. The van der Waals surface area contributed by atoms with Gasteiger partial charge in [-0.1, -0.05) is 54.6 Å². The molecule has 0 amide bonds. The van der Waals surface area contributed by atoms with E-state index < -0.39 is 43.1 Å². The predicted molar refractivity (Wildman–Crippen MR) is 177 cm³/mol. The highest BCUT2D eigenvalue weighted by atomic mass is 28.4. The highest BCUT2D eigenvalue weighted by molar-refractivity contribution is 6.69. The second-order valence-electron chi connectivity index (χ2n) is 12.9. The molecule has 2 fully saturated rings. The Morgan fingerprint density at radius 1 is 0.891 bits per heavy atom. The van der Waals surface area contributed by atoms with E-state index in [1.165, 1.54) is 4.57 Å². The molecule has 4 aromatic rings. The van der Waals surface area contributed by atoms with Gasteiger partial charge in [0.25, 0.3) is 5.56 Å². The number of rotatable bonds is 11. The van der Waals surface area contributed by atoms with Crippen LogP contribution in [0.5, 0.6) is 11.5 Å². The number of nitrogens with one attached hydrogen (secondary N) is 2. The van der Waals surface area contributed by atoms with Gasteiger partial charge in [0.05, 0.1) is 33.0 Å². The molecule has 3 aromatic carbocycles. The lowest BCUT2D eigenvalue weighted by atomic mass is 9.79. The van der Waals surface area contributed by atoms with Crippen molar-refractivity contribution in [3.8, 4) is 11.5 Å². The number of H-pyrrole nitrogens is 1. The van der Waals surface area contributed by atoms with Crippen molar-refractivity contribution in [3.05, 3.63) is 128 Å². The number of hydrogen-bond donors (Lipinski definition) is 2. The van der Waals surface area contributed by atoms with Crippen molar-refractivity contribution < 1.29 is 23.4 Å². The van der Waals surface area contributed by atoms with E-state index in [0.29, 0.717) is 12.1 Å². The predicted octanol–water partition coefficient (Wildman–Crippen LogP) is 4.33. The number of ether oxygens (including phenoxy) is 4. The molecule has 11 heteroatoms. The Labute approximate surface area is 269 Å². The molecule has 1 aromatic heterocycles. The molecular weight excluding hydrogens is 602 g/mol. The van der Waals surface area contributed by atoms with Crippen LogP contribution < -0.4 is 26.0 Å². The number of methoxy groups -OCH3 is 2. The van der Waals surface area contributed by atoms with Crippen LogP contribution in [0.4, 0.5) is 0 Å². The van der Waals surface area contributed by atoms with Gasteiger partial charge in [0.1, 0.15) is 22.7 Å². The number of nitrogens with zero attached hydrogens (tertiary/aromatic N) is 1. The van der Waals surface area contributed by atoms with Crippen LogP contribution in [0.1, 0.15) is 28.5 Å². The Balaban J connectivity index is 1.48. The summed E-state index contributed by atoms with van der Waals surface area (Å²) in [5.41, 5.74) is 0.169. The van der Waals surface area contributed by atoms with E-state index in [4.69, 9.17) is 23.4 Å². The van der Waals surface area contributed by atoms with Crippen molar-refractivity contribution >= 4 is 8.32 Å². The molecule has 0 unspecified atom stereocenters. The van der Waals surface area contributed by atoms with Gasteiger partial charge in [0.15, 0.2) is 14.5 Å². The van der Waals surface area contributed by atoms with Crippen LogP contribution in [0.25, 0.3) is 0 Å². The molecule has 4 atom stereocenters. The van der Waals surface area contributed by atoms with Gasteiger partial charge in [0.2, 0.25) is 0 Å². The van der Waals surface area contributed by atoms with E-state index in [2.05, 4.69) is 42.1 Å². The smallest absolute Gasteiger partial charge is 0.330 e. The van der Waals surface area contributed by atoms with Crippen LogP contribution in [0.3, 0.4) is 0 Å². The lowest BCUT2D eigenvalue weighted by Gasteiger charge is -2.41. The van der Waals surface area contributed by atoms with Crippen LogP contribution in [0.15, 0.2) is 94.6 Å². The number of hydrogen-bond acceptors (Lipinski definition) is 8. The van der Waals surface area contributed by atoms with Gasteiger partial charge < -0.3 is 28.7 Å². The summed E-state index contributed by atoms with van der Waals surface area (Å²) in [6.45, 7) is 8.65. The average Bonchev–Trinajstić information content (AvgIpc) is 3.53. The molecule has 3 heterocycles. The average molecular weight is 644 g/mol. The molecule has 2 saturated heterocycles. The minimum absolute atomic E-state index is 0.131. The first-order valence-electron chi connectivity index (χ1n) is 15.4. The Bertz CT molecular complexity index is 1740. The lowest BCUT2D eigenvalue weighted by Crippen LogP contribution is -2.52. The number of fused-ring (bicyclic) bond motifs is 2. The summed E-state index contributed by atoms with van der Waals surface area (Å²) in [5, 5.41) is 3.57. The zero-order chi connectivity index (χ0) is 32.7. The van der Waals surface area contributed by atoms with E-state index in [1.54, 1.807) is 27.3 Å². The molecule has 2 aliphatic rings. The van der Waals surface area contributed by atoms with E-state index in [0.717, 1.165) is 28.2 Å². The van der Waals surface area contributed by atoms with Crippen LogP contribution in [-0.4, -0.2) is 63.0 Å². The van der Waals surface area contributed by atoms with E-state index in [9.17, 15) is 9.59 Å². The van der Waals surface area contributed by atoms with Crippen LogP contribution in [0.2, 0.25) is 19.6 Å². The molecule has 242 valence electrons. The third-order valence-electron chi connectivity index (χ3n) is 8.75. The standard InChI is InChI=1S/C35H41N3O7Si/c1-23-20-38(33(40)37-31(23)39)32-29-30(45-46(4,5)6)34(44-32,21-36-29)22-43-35(24-10-8-7-9-11-24,25-12-16-27(41-2)17-13-25)26-14-18-28(42-3)19-15-26/h7-20,29-30,32,36H,21-22H2,1-6H3,(H,37,39,40)/t29-,30+,32-,34-/m1/s1. The molecule has 2 N–H and O–H groups in total. The van der Waals surface area contributed by atoms with Crippen molar-refractivity contribution in [1.82, 2.24) is 14.9 Å². The van der Waals surface area contributed by atoms with Gasteiger partial charge in [-0.2, -0.15) is 0 Å². The number of aromatic amines is 1. The zero-order valence-corrected chi connectivity index (χ0v) is 28.0. The normalized spacial score (nSPS) is 22.6. The highest BCUT2D eigenvalue weighted by Gasteiger charge is 2.63. The lowest BCUT2D eigenvalue weighted by molar-refractivity contribution is -0.160. The summed E-state index contributed by atoms with van der Waals surface area (Å²) in [6.07, 6.45) is 0.426. The molecule has 10 nitrogen and oxygen atoms in total. The second kappa shape index (κ2) is 12.3. The quantitative estimate of drug-likeness (QED) is 0.184. The van der Waals surface area contributed by atoms with Gasteiger partial charge >= 0.3 is 5.69 Å². The van der Waals surface area contributed by atoms with Crippen molar-refractivity contribution in [3.63, 3.8) is 0 Å². The fourth-order valence-electron chi connectivity index (χ4n) is 6.54. The Hall–Kier alpha value is -4.00. The van der Waals surface area contributed by atoms with Crippen molar-refractivity contribution in [1.29, 1.82) is 0 Å². The molecule has 46 heavy (non-hydrogen) atoms.